The lowest BCUT2D eigenvalue weighted by Gasteiger charge is -2.15. The van der Waals surface area contributed by atoms with Crippen molar-refractivity contribution in [1.82, 2.24) is 0 Å². The van der Waals surface area contributed by atoms with Gasteiger partial charge in [0, 0.05) is 10.0 Å². The van der Waals surface area contributed by atoms with Crippen LogP contribution in [0.1, 0.15) is 29.7 Å². The molecule has 0 heterocycles. The van der Waals surface area contributed by atoms with Crippen LogP contribution in [0.5, 0.6) is 5.75 Å². The quantitative estimate of drug-likeness (QED) is 0.887. The molecule has 0 amide bonds. The highest BCUT2D eigenvalue weighted by Crippen LogP contribution is 2.29. The van der Waals surface area contributed by atoms with Gasteiger partial charge < -0.3 is 9.84 Å². The molecule has 106 valence electrons. The second-order valence-electron chi connectivity index (χ2n) is 4.72. The van der Waals surface area contributed by atoms with E-state index in [0.29, 0.717) is 11.3 Å². The van der Waals surface area contributed by atoms with Gasteiger partial charge in [0.15, 0.2) is 0 Å². The molecule has 0 aromatic heterocycles. The fourth-order valence-electron chi connectivity index (χ4n) is 1.93. The Balaban J connectivity index is 2.22. The molecular weight excluding hydrogens is 323 g/mol. The van der Waals surface area contributed by atoms with Crippen molar-refractivity contribution in [2.45, 2.75) is 26.6 Å². The molecule has 2 aromatic carbocycles. The van der Waals surface area contributed by atoms with Crippen LogP contribution in [-0.2, 0) is 6.61 Å². The van der Waals surface area contributed by atoms with Gasteiger partial charge in [-0.2, -0.15) is 0 Å². The van der Waals surface area contributed by atoms with Crippen molar-refractivity contribution in [1.29, 1.82) is 0 Å². The van der Waals surface area contributed by atoms with Crippen molar-refractivity contribution in [3.63, 3.8) is 0 Å². The molecule has 0 saturated heterocycles. The second kappa shape index (κ2) is 6.37. The summed E-state index contributed by atoms with van der Waals surface area (Å²) in [7, 11) is 0. The Bertz CT molecular complexity index is 611. The summed E-state index contributed by atoms with van der Waals surface area (Å²) in [4.78, 5) is 0. The van der Waals surface area contributed by atoms with Gasteiger partial charge >= 0.3 is 0 Å². The second-order valence-corrected chi connectivity index (χ2v) is 5.63. The molecule has 0 fully saturated rings. The van der Waals surface area contributed by atoms with Crippen molar-refractivity contribution in [3.8, 4) is 5.75 Å². The van der Waals surface area contributed by atoms with Gasteiger partial charge in [0.2, 0.25) is 0 Å². The summed E-state index contributed by atoms with van der Waals surface area (Å²) in [5.74, 6) is 0.317. The smallest absolute Gasteiger partial charge is 0.126 e. The van der Waals surface area contributed by atoms with Gasteiger partial charge in [-0.1, -0.05) is 28.1 Å². The number of hydrogen-bond acceptors (Lipinski definition) is 2. The van der Waals surface area contributed by atoms with Crippen molar-refractivity contribution in [3.05, 3.63) is 63.4 Å². The highest BCUT2D eigenvalue weighted by Gasteiger charge is 2.10. The molecule has 2 aromatic rings. The van der Waals surface area contributed by atoms with E-state index in [-0.39, 0.29) is 12.4 Å². The number of hydrogen-bond donors (Lipinski definition) is 1. The SMILES string of the molecule is Cc1ccc(F)cc1COc1cc(Br)ccc1[C@H](C)O. The van der Waals surface area contributed by atoms with Crippen molar-refractivity contribution in [2.24, 2.45) is 0 Å². The molecule has 1 atom stereocenters. The maximum absolute atomic E-state index is 13.2. The average Bonchev–Trinajstić information content (AvgIpc) is 2.39. The lowest BCUT2D eigenvalue weighted by atomic mass is 10.1. The molecule has 0 spiro atoms. The lowest BCUT2D eigenvalue weighted by molar-refractivity contribution is 0.190. The molecule has 0 aliphatic carbocycles. The molecule has 20 heavy (non-hydrogen) atoms. The first-order valence-corrected chi connectivity index (χ1v) is 7.12. The largest absolute Gasteiger partial charge is 0.488 e. The zero-order valence-electron chi connectivity index (χ0n) is 11.4. The van der Waals surface area contributed by atoms with Gasteiger partial charge in [-0.25, -0.2) is 4.39 Å². The molecule has 0 radical (unpaired) electrons. The summed E-state index contributed by atoms with van der Waals surface area (Å²) >= 11 is 3.38. The molecule has 1 N–H and O–H groups in total. The Morgan fingerprint density at radius 1 is 1.25 bits per heavy atom. The fraction of sp³-hybridized carbons (Fsp3) is 0.250. The Labute approximate surface area is 126 Å². The van der Waals surface area contributed by atoms with Crippen LogP contribution in [0, 0.1) is 12.7 Å². The Morgan fingerprint density at radius 2 is 2.00 bits per heavy atom. The van der Waals surface area contributed by atoms with Crippen molar-refractivity contribution >= 4 is 15.9 Å². The van der Waals surface area contributed by atoms with Crippen LogP contribution in [0.15, 0.2) is 40.9 Å². The first kappa shape index (κ1) is 15.0. The van der Waals surface area contributed by atoms with E-state index >= 15 is 0 Å². The number of benzene rings is 2. The molecule has 2 nitrogen and oxygen atoms in total. The predicted molar refractivity (Wildman–Crippen MR) is 80.2 cm³/mol. The number of rotatable bonds is 4. The third-order valence-electron chi connectivity index (χ3n) is 3.12. The van der Waals surface area contributed by atoms with Crippen molar-refractivity contribution in [2.75, 3.05) is 0 Å². The van der Waals surface area contributed by atoms with Crippen molar-refractivity contribution < 1.29 is 14.2 Å². The molecule has 4 heteroatoms. The maximum Gasteiger partial charge on any atom is 0.126 e. The topological polar surface area (TPSA) is 29.5 Å². The van der Waals surface area contributed by atoms with E-state index in [9.17, 15) is 9.50 Å². The first-order chi connectivity index (χ1) is 9.47. The van der Waals surface area contributed by atoms with Gasteiger partial charge in [0.25, 0.3) is 0 Å². The summed E-state index contributed by atoms with van der Waals surface area (Å²) in [6.07, 6.45) is -0.619. The van der Waals surface area contributed by atoms with Crippen LogP contribution in [0.25, 0.3) is 0 Å². The Hall–Kier alpha value is -1.39. The maximum atomic E-state index is 13.2. The summed E-state index contributed by atoms with van der Waals surface area (Å²) in [5, 5.41) is 9.74. The zero-order chi connectivity index (χ0) is 14.7. The summed E-state index contributed by atoms with van der Waals surface area (Å²) in [6, 6.07) is 10.1. The molecule has 0 bridgehead atoms. The molecule has 0 unspecified atom stereocenters. The van der Waals surface area contributed by atoms with Gasteiger partial charge in [-0.3, -0.25) is 0 Å². The molecule has 2 rings (SSSR count). The van der Waals surface area contributed by atoms with E-state index in [4.69, 9.17) is 4.74 Å². The van der Waals surface area contributed by atoms with E-state index in [2.05, 4.69) is 15.9 Å². The van der Waals surface area contributed by atoms with E-state index in [1.54, 1.807) is 19.1 Å². The lowest BCUT2D eigenvalue weighted by Crippen LogP contribution is -2.02. The highest BCUT2D eigenvalue weighted by molar-refractivity contribution is 9.10. The van der Waals surface area contributed by atoms with Gasteiger partial charge in [-0.15, -0.1) is 0 Å². The number of aliphatic hydroxyl groups is 1. The fourth-order valence-corrected chi connectivity index (χ4v) is 2.27. The van der Waals surface area contributed by atoms with E-state index < -0.39 is 6.10 Å². The minimum absolute atomic E-state index is 0.264. The highest BCUT2D eigenvalue weighted by atomic mass is 79.9. The van der Waals surface area contributed by atoms with E-state index in [1.165, 1.54) is 12.1 Å². The normalized spacial score (nSPS) is 12.2. The van der Waals surface area contributed by atoms with E-state index in [0.717, 1.165) is 15.6 Å². The average molecular weight is 339 g/mol. The predicted octanol–water partition coefficient (Wildman–Crippen LogP) is 4.53. The molecule has 0 aliphatic rings. The van der Waals surface area contributed by atoms with Gasteiger partial charge in [-0.05, 0) is 49.2 Å². The molecule has 0 saturated carbocycles. The first-order valence-electron chi connectivity index (χ1n) is 6.32. The summed E-state index contributed by atoms with van der Waals surface area (Å²) < 4.78 is 19.9. The number of aryl methyl sites for hydroxylation is 1. The standard InChI is InChI=1S/C16H16BrFO2/c1-10-3-5-14(18)7-12(10)9-20-16-8-13(17)4-6-15(16)11(2)19/h3-8,11,19H,9H2,1-2H3/t11-/m0/s1. The summed E-state index contributed by atoms with van der Waals surface area (Å²) in [6.45, 7) is 3.86. The minimum Gasteiger partial charge on any atom is -0.488 e. The van der Waals surface area contributed by atoms with Gasteiger partial charge in [0.1, 0.15) is 18.2 Å². The van der Waals surface area contributed by atoms with Crippen LogP contribution in [0.3, 0.4) is 0 Å². The van der Waals surface area contributed by atoms with Crippen LogP contribution in [0.4, 0.5) is 4.39 Å². The third kappa shape index (κ3) is 3.58. The van der Waals surface area contributed by atoms with Crippen LogP contribution >= 0.6 is 15.9 Å². The monoisotopic (exact) mass is 338 g/mol. The van der Waals surface area contributed by atoms with Crippen LogP contribution < -0.4 is 4.74 Å². The van der Waals surface area contributed by atoms with Crippen LogP contribution in [0.2, 0.25) is 0 Å². The molecular formula is C16H16BrFO2. The minimum atomic E-state index is -0.619. The number of ether oxygens (including phenoxy) is 1. The van der Waals surface area contributed by atoms with Crippen LogP contribution in [-0.4, -0.2) is 5.11 Å². The van der Waals surface area contributed by atoms with Gasteiger partial charge in [0.05, 0.1) is 6.10 Å². The van der Waals surface area contributed by atoms with E-state index in [1.807, 2.05) is 19.1 Å². The Kier molecular flexibility index (Phi) is 4.78. The number of aliphatic hydroxyl groups excluding tert-OH is 1. The Morgan fingerprint density at radius 3 is 2.70 bits per heavy atom. The summed E-state index contributed by atoms with van der Waals surface area (Å²) in [5.41, 5.74) is 2.48. The third-order valence-corrected chi connectivity index (χ3v) is 3.61. The zero-order valence-corrected chi connectivity index (χ0v) is 12.9. The number of halogens is 2. The molecule has 0 aliphatic heterocycles.